The van der Waals surface area contributed by atoms with Crippen LogP contribution in [0.25, 0.3) is 0 Å². The molecule has 3 nitrogen and oxygen atoms in total. The molecule has 2 unspecified atom stereocenters. The third-order valence-electron chi connectivity index (χ3n) is 3.47. The van der Waals surface area contributed by atoms with E-state index in [2.05, 4.69) is 11.9 Å². The lowest BCUT2D eigenvalue weighted by Crippen LogP contribution is -2.21. The molecule has 0 bridgehead atoms. The molecule has 2 rings (SSSR count). The summed E-state index contributed by atoms with van der Waals surface area (Å²) in [6.45, 7) is 5.04. The highest BCUT2D eigenvalue weighted by atomic mass is 16.1. The molecule has 0 amide bonds. The maximum absolute atomic E-state index is 12.2. The van der Waals surface area contributed by atoms with Gasteiger partial charge in [0.25, 0.3) is 0 Å². The lowest BCUT2D eigenvalue weighted by Gasteiger charge is -2.13. The summed E-state index contributed by atoms with van der Waals surface area (Å²) in [6.07, 6.45) is 7.01. The van der Waals surface area contributed by atoms with Gasteiger partial charge in [-0.1, -0.05) is 13.3 Å². The second-order valence-electron chi connectivity index (χ2n) is 4.42. The van der Waals surface area contributed by atoms with Gasteiger partial charge < -0.3 is 4.57 Å². The molecule has 1 aliphatic rings. The first kappa shape index (κ1) is 10.4. The van der Waals surface area contributed by atoms with Gasteiger partial charge in [0.2, 0.25) is 5.78 Å². The van der Waals surface area contributed by atoms with Crippen LogP contribution in [0.1, 0.15) is 43.7 Å². The van der Waals surface area contributed by atoms with Crippen molar-refractivity contribution in [2.24, 2.45) is 11.8 Å². The molecule has 82 valence electrons. The Morgan fingerprint density at radius 1 is 1.60 bits per heavy atom. The zero-order valence-corrected chi connectivity index (χ0v) is 9.44. The predicted molar refractivity (Wildman–Crippen MR) is 58.7 cm³/mol. The van der Waals surface area contributed by atoms with Crippen LogP contribution < -0.4 is 0 Å². The Bertz CT molecular complexity index is 356. The van der Waals surface area contributed by atoms with E-state index in [1.807, 2.05) is 17.7 Å². The van der Waals surface area contributed by atoms with Gasteiger partial charge in [-0.25, -0.2) is 4.98 Å². The zero-order chi connectivity index (χ0) is 10.8. The minimum atomic E-state index is 0.206. The molecule has 15 heavy (non-hydrogen) atoms. The minimum Gasteiger partial charge on any atom is -0.329 e. The van der Waals surface area contributed by atoms with E-state index in [1.54, 1.807) is 6.20 Å². The number of hydrogen-bond donors (Lipinski definition) is 0. The number of rotatable bonds is 3. The highest BCUT2D eigenvalue weighted by Crippen LogP contribution is 2.33. The molecule has 0 saturated heterocycles. The van der Waals surface area contributed by atoms with E-state index in [0.29, 0.717) is 11.7 Å². The van der Waals surface area contributed by atoms with Crippen molar-refractivity contribution in [2.75, 3.05) is 0 Å². The number of carbonyl (C=O) groups excluding carboxylic acids is 1. The summed E-state index contributed by atoms with van der Waals surface area (Å²) in [5.41, 5.74) is 0. The van der Waals surface area contributed by atoms with E-state index in [-0.39, 0.29) is 11.7 Å². The van der Waals surface area contributed by atoms with Crippen LogP contribution in [0.5, 0.6) is 0 Å². The fourth-order valence-corrected chi connectivity index (χ4v) is 2.49. The molecule has 0 radical (unpaired) electrons. The number of imidazole rings is 1. The first-order valence-corrected chi connectivity index (χ1v) is 5.79. The van der Waals surface area contributed by atoms with Crippen molar-refractivity contribution in [3.63, 3.8) is 0 Å². The molecule has 1 fully saturated rings. The third-order valence-corrected chi connectivity index (χ3v) is 3.47. The summed E-state index contributed by atoms with van der Waals surface area (Å²) < 4.78 is 1.94. The van der Waals surface area contributed by atoms with Crippen molar-refractivity contribution in [2.45, 2.75) is 39.7 Å². The molecule has 1 heterocycles. The highest BCUT2D eigenvalue weighted by Gasteiger charge is 2.32. The highest BCUT2D eigenvalue weighted by molar-refractivity contribution is 5.95. The number of ketones is 1. The predicted octanol–water partition coefficient (Wildman–Crippen LogP) is 2.52. The minimum absolute atomic E-state index is 0.206. The van der Waals surface area contributed by atoms with E-state index < -0.39 is 0 Å². The first-order valence-electron chi connectivity index (χ1n) is 5.79. The van der Waals surface area contributed by atoms with Gasteiger partial charge in [-0.05, 0) is 25.7 Å². The fourth-order valence-electron chi connectivity index (χ4n) is 2.49. The van der Waals surface area contributed by atoms with E-state index in [0.717, 1.165) is 13.0 Å². The number of carbonyl (C=O) groups is 1. The van der Waals surface area contributed by atoms with Crippen LogP contribution in [0, 0.1) is 11.8 Å². The van der Waals surface area contributed by atoms with Crippen LogP contribution >= 0.6 is 0 Å². The van der Waals surface area contributed by atoms with Gasteiger partial charge in [0.15, 0.2) is 5.82 Å². The van der Waals surface area contributed by atoms with Gasteiger partial charge in [-0.3, -0.25) is 4.79 Å². The molecule has 1 aromatic heterocycles. The van der Waals surface area contributed by atoms with Crippen LogP contribution in [-0.2, 0) is 6.54 Å². The summed E-state index contributed by atoms with van der Waals surface area (Å²) in [5, 5.41) is 0. The molecule has 0 N–H and O–H groups in total. The van der Waals surface area contributed by atoms with Gasteiger partial charge in [0, 0.05) is 24.9 Å². The molecular weight excluding hydrogens is 188 g/mol. The van der Waals surface area contributed by atoms with Gasteiger partial charge in [-0.15, -0.1) is 0 Å². The largest absolute Gasteiger partial charge is 0.329 e. The van der Waals surface area contributed by atoms with Crippen LogP contribution in [0.3, 0.4) is 0 Å². The topological polar surface area (TPSA) is 34.9 Å². The molecule has 1 aliphatic carbocycles. The quantitative estimate of drug-likeness (QED) is 0.712. The van der Waals surface area contributed by atoms with E-state index >= 15 is 0 Å². The van der Waals surface area contributed by atoms with E-state index in [1.165, 1.54) is 12.8 Å². The first-order chi connectivity index (χ1) is 7.24. The number of hydrogen-bond acceptors (Lipinski definition) is 2. The Kier molecular flexibility index (Phi) is 2.89. The molecule has 0 aromatic carbocycles. The van der Waals surface area contributed by atoms with Crippen molar-refractivity contribution < 1.29 is 4.79 Å². The lowest BCUT2D eigenvalue weighted by atomic mass is 9.93. The standard InChI is InChI=1S/C12H18N2O/c1-3-14-8-7-13-12(14)11(15)10-6-4-5-9(10)2/h7-10H,3-6H2,1-2H3. The van der Waals surface area contributed by atoms with Gasteiger partial charge in [0.1, 0.15) is 0 Å². The lowest BCUT2D eigenvalue weighted by molar-refractivity contribution is 0.0882. The molecule has 1 saturated carbocycles. The number of aryl methyl sites for hydroxylation is 1. The third kappa shape index (κ3) is 1.83. The van der Waals surface area contributed by atoms with Crippen molar-refractivity contribution in [1.82, 2.24) is 9.55 Å². The van der Waals surface area contributed by atoms with Gasteiger partial charge >= 0.3 is 0 Å². The molecule has 2 atom stereocenters. The maximum Gasteiger partial charge on any atom is 0.201 e. The van der Waals surface area contributed by atoms with E-state index in [9.17, 15) is 4.79 Å². The van der Waals surface area contributed by atoms with Crippen molar-refractivity contribution in [1.29, 1.82) is 0 Å². The Morgan fingerprint density at radius 2 is 2.40 bits per heavy atom. The van der Waals surface area contributed by atoms with Crippen molar-refractivity contribution in [3.8, 4) is 0 Å². The summed E-state index contributed by atoms with van der Waals surface area (Å²) in [5.74, 6) is 1.63. The second-order valence-corrected chi connectivity index (χ2v) is 4.42. The Balaban J connectivity index is 2.20. The number of nitrogens with zero attached hydrogens (tertiary/aromatic N) is 2. The monoisotopic (exact) mass is 206 g/mol. The Hall–Kier alpha value is -1.12. The van der Waals surface area contributed by atoms with Gasteiger partial charge in [0.05, 0.1) is 0 Å². The van der Waals surface area contributed by atoms with Crippen LogP contribution in [0.2, 0.25) is 0 Å². The normalized spacial score (nSPS) is 25.7. The molecule has 0 spiro atoms. The second kappa shape index (κ2) is 4.17. The number of aromatic nitrogens is 2. The zero-order valence-electron chi connectivity index (χ0n) is 9.44. The summed E-state index contributed by atoms with van der Waals surface area (Å²) in [4.78, 5) is 16.4. The Labute approximate surface area is 90.5 Å². The molecular formula is C12H18N2O. The molecule has 1 aromatic rings. The smallest absolute Gasteiger partial charge is 0.201 e. The van der Waals surface area contributed by atoms with Crippen LogP contribution in [0.4, 0.5) is 0 Å². The van der Waals surface area contributed by atoms with Gasteiger partial charge in [-0.2, -0.15) is 0 Å². The maximum atomic E-state index is 12.2. The molecule has 3 heteroatoms. The van der Waals surface area contributed by atoms with Crippen LogP contribution in [0.15, 0.2) is 12.4 Å². The number of Topliss-reactive ketones (excluding diaryl/α,β-unsaturated/α-hetero) is 1. The average molecular weight is 206 g/mol. The van der Waals surface area contributed by atoms with Crippen LogP contribution in [-0.4, -0.2) is 15.3 Å². The Morgan fingerprint density at radius 3 is 3.00 bits per heavy atom. The SMILES string of the molecule is CCn1ccnc1C(=O)C1CCCC1C. The molecule has 0 aliphatic heterocycles. The van der Waals surface area contributed by atoms with Crippen molar-refractivity contribution >= 4 is 5.78 Å². The summed E-state index contributed by atoms with van der Waals surface area (Å²) in [7, 11) is 0. The van der Waals surface area contributed by atoms with E-state index in [4.69, 9.17) is 0 Å². The average Bonchev–Trinajstić information content (AvgIpc) is 2.84. The fraction of sp³-hybridized carbons (Fsp3) is 0.667. The van der Waals surface area contributed by atoms with Crippen molar-refractivity contribution in [3.05, 3.63) is 18.2 Å². The summed E-state index contributed by atoms with van der Waals surface area (Å²) in [6, 6.07) is 0. The summed E-state index contributed by atoms with van der Waals surface area (Å²) >= 11 is 0.